The second-order valence-electron chi connectivity index (χ2n) is 7.21. The molecule has 0 amide bonds. The summed E-state index contributed by atoms with van der Waals surface area (Å²) in [6.07, 6.45) is 17.6. The molecule has 0 aliphatic heterocycles. The molecule has 0 saturated heterocycles. The summed E-state index contributed by atoms with van der Waals surface area (Å²) in [4.78, 5) is 0. The van der Waals surface area contributed by atoms with Gasteiger partial charge in [0.05, 0.1) is 13.1 Å². The van der Waals surface area contributed by atoms with Crippen molar-refractivity contribution >= 4 is 0 Å². The topological polar surface area (TPSA) is 8.81 Å². The molecule has 2 heteroatoms. The molecule has 138 valence electrons. The molecule has 2 aromatic rings. The summed E-state index contributed by atoms with van der Waals surface area (Å²) in [6, 6.07) is 10.9. The zero-order valence-corrected chi connectivity index (χ0v) is 16.4. The number of imidazole rings is 1. The van der Waals surface area contributed by atoms with E-state index >= 15 is 0 Å². The van der Waals surface area contributed by atoms with Crippen LogP contribution in [-0.4, -0.2) is 4.57 Å². The van der Waals surface area contributed by atoms with Gasteiger partial charge in [0.25, 0.3) is 5.82 Å². The molecule has 0 atom stereocenters. The van der Waals surface area contributed by atoms with E-state index in [0.29, 0.717) is 0 Å². The number of hydrogen-bond acceptors (Lipinski definition) is 0. The first-order valence-electron chi connectivity index (χ1n) is 10.5. The number of unbranched alkanes of at least 4 members (excludes halogenated alkanes) is 5. The Morgan fingerprint density at radius 2 is 1.56 bits per heavy atom. The van der Waals surface area contributed by atoms with Gasteiger partial charge in [-0.05, 0) is 37.7 Å². The van der Waals surface area contributed by atoms with Gasteiger partial charge in [0.1, 0.15) is 12.4 Å². The Morgan fingerprint density at radius 3 is 2.32 bits per heavy atom. The molecule has 0 fully saturated rings. The van der Waals surface area contributed by atoms with E-state index < -0.39 is 0 Å². The smallest absolute Gasteiger partial charge is 0.234 e. The normalized spacial score (nSPS) is 11.1. The van der Waals surface area contributed by atoms with Crippen LogP contribution in [0.1, 0.15) is 76.6 Å². The van der Waals surface area contributed by atoms with Gasteiger partial charge in [0.2, 0.25) is 0 Å². The van der Waals surface area contributed by atoms with E-state index in [0.717, 1.165) is 6.54 Å². The highest BCUT2D eigenvalue weighted by Gasteiger charge is 2.15. The fraction of sp³-hybridized carbons (Fsp3) is 0.609. The summed E-state index contributed by atoms with van der Waals surface area (Å²) >= 11 is 0. The first kappa shape index (κ1) is 19.8. The summed E-state index contributed by atoms with van der Waals surface area (Å²) in [5, 5.41) is 0. The van der Waals surface area contributed by atoms with Gasteiger partial charge < -0.3 is 0 Å². The Morgan fingerprint density at radius 1 is 0.800 bits per heavy atom. The molecule has 2 nitrogen and oxygen atoms in total. The van der Waals surface area contributed by atoms with Crippen LogP contribution in [0, 0.1) is 0 Å². The van der Waals surface area contributed by atoms with Gasteiger partial charge in [-0.25, -0.2) is 9.13 Å². The third kappa shape index (κ3) is 7.05. The number of benzene rings is 1. The van der Waals surface area contributed by atoms with Crippen LogP contribution in [0.5, 0.6) is 0 Å². The summed E-state index contributed by atoms with van der Waals surface area (Å²) < 4.78 is 5.00. The van der Waals surface area contributed by atoms with Gasteiger partial charge in [-0.15, -0.1) is 0 Å². The Labute approximate surface area is 154 Å². The molecule has 0 bridgehead atoms. The minimum Gasteiger partial charge on any atom is -0.234 e. The third-order valence-corrected chi connectivity index (χ3v) is 5.02. The first-order chi connectivity index (χ1) is 12.3. The van der Waals surface area contributed by atoms with E-state index in [2.05, 4.69) is 65.7 Å². The summed E-state index contributed by atoms with van der Waals surface area (Å²) in [5.74, 6) is 1.52. The van der Waals surface area contributed by atoms with Crippen molar-refractivity contribution in [2.75, 3.05) is 0 Å². The molecule has 1 aromatic heterocycles. The van der Waals surface area contributed by atoms with Crippen molar-refractivity contribution < 1.29 is 4.57 Å². The second kappa shape index (κ2) is 11.9. The minimum absolute atomic E-state index is 1.13. The van der Waals surface area contributed by atoms with E-state index in [-0.39, 0.29) is 0 Å². The predicted molar refractivity (Wildman–Crippen MR) is 107 cm³/mol. The zero-order chi connectivity index (χ0) is 17.7. The molecule has 2 rings (SSSR count). The maximum atomic E-state index is 2.51. The lowest BCUT2D eigenvalue weighted by molar-refractivity contribution is -0.704. The van der Waals surface area contributed by atoms with Gasteiger partial charge in [-0.3, -0.25) is 0 Å². The highest BCUT2D eigenvalue weighted by Crippen LogP contribution is 2.09. The van der Waals surface area contributed by atoms with Gasteiger partial charge >= 0.3 is 0 Å². The average molecular weight is 342 g/mol. The monoisotopic (exact) mass is 341 g/mol. The molecule has 0 unspecified atom stereocenters. The van der Waals surface area contributed by atoms with Crippen molar-refractivity contribution in [2.45, 2.75) is 91.1 Å². The molecule has 0 spiro atoms. The average Bonchev–Trinajstić information content (AvgIpc) is 3.01. The fourth-order valence-electron chi connectivity index (χ4n) is 3.58. The van der Waals surface area contributed by atoms with Gasteiger partial charge in [-0.2, -0.15) is 0 Å². The maximum absolute atomic E-state index is 2.51. The van der Waals surface area contributed by atoms with Gasteiger partial charge in [0, 0.05) is 6.42 Å². The molecule has 0 saturated carbocycles. The van der Waals surface area contributed by atoms with Crippen molar-refractivity contribution in [3.05, 3.63) is 54.1 Å². The van der Waals surface area contributed by atoms with Crippen LogP contribution in [0.2, 0.25) is 0 Å². The summed E-state index contributed by atoms with van der Waals surface area (Å²) in [5.41, 5.74) is 1.45. The van der Waals surface area contributed by atoms with E-state index in [1.54, 1.807) is 0 Å². The minimum atomic E-state index is 1.13. The molecule has 25 heavy (non-hydrogen) atoms. The van der Waals surface area contributed by atoms with E-state index in [4.69, 9.17) is 0 Å². The fourth-order valence-corrected chi connectivity index (χ4v) is 3.58. The Hall–Kier alpha value is -1.57. The Kier molecular flexibility index (Phi) is 9.40. The van der Waals surface area contributed by atoms with Crippen molar-refractivity contribution in [2.24, 2.45) is 0 Å². The molecular formula is C23H37N2+. The van der Waals surface area contributed by atoms with Crippen LogP contribution in [0.15, 0.2) is 42.7 Å². The Bertz CT molecular complexity index is 571. The van der Waals surface area contributed by atoms with Crippen LogP contribution in [0.25, 0.3) is 0 Å². The molecule has 1 aromatic carbocycles. The van der Waals surface area contributed by atoms with Crippen LogP contribution in [-0.2, 0) is 25.9 Å². The van der Waals surface area contributed by atoms with E-state index in [1.165, 1.54) is 82.1 Å². The SMILES string of the molecule is CCCCCCCCn1cc[n+](CCCc2ccccc2)c1CCC. The van der Waals surface area contributed by atoms with E-state index in [1.807, 2.05) is 0 Å². The van der Waals surface area contributed by atoms with Crippen molar-refractivity contribution in [3.8, 4) is 0 Å². The highest BCUT2D eigenvalue weighted by molar-refractivity contribution is 5.14. The largest absolute Gasteiger partial charge is 0.256 e. The standard InChI is InChI=1S/C23H37N2/c1-3-5-6-7-8-12-18-24-20-21-25(23(24)14-4-2)19-13-17-22-15-10-9-11-16-22/h9-11,15-16,20-21H,3-8,12-14,17-19H2,1-2H3/q+1. The highest BCUT2D eigenvalue weighted by atomic mass is 15.1. The summed E-state index contributed by atoms with van der Waals surface area (Å²) in [6.45, 7) is 6.89. The summed E-state index contributed by atoms with van der Waals surface area (Å²) in [7, 11) is 0. The van der Waals surface area contributed by atoms with E-state index in [9.17, 15) is 0 Å². The maximum Gasteiger partial charge on any atom is 0.256 e. The van der Waals surface area contributed by atoms with Gasteiger partial charge in [0.15, 0.2) is 0 Å². The molecule has 0 aliphatic carbocycles. The lowest BCUT2D eigenvalue weighted by Gasteiger charge is -2.05. The lowest BCUT2D eigenvalue weighted by Crippen LogP contribution is -2.37. The van der Waals surface area contributed by atoms with Crippen LogP contribution < -0.4 is 4.57 Å². The number of rotatable bonds is 13. The molecular weight excluding hydrogens is 304 g/mol. The van der Waals surface area contributed by atoms with Crippen LogP contribution in [0.4, 0.5) is 0 Å². The van der Waals surface area contributed by atoms with Crippen LogP contribution in [0.3, 0.4) is 0 Å². The van der Waals surface area contributed by atoms with Crippen molar-refractivity contribution in [1.82, 2.24) is 4.57 Å². The third-order valence-electron chi connectivity index (χ3n) is 5.02. The van der Waals surface area contributed by atoms with Crippen molar-refractivity contribution in [3.63, 3.8) is 0 Å². The molecule has 0 aliphatic rings. The number of hydrogen-bond donors (Lipinski definition) is 0. The quantitative estimate of drug-likeness (QED) is 0.325. The predicted octanol–water partition coefficient (Wildman–Crippen LogP) is 5.72. The number of aromatic nitrogens is 2. The second-order valence-corrected chi connectivity index (χ2v) is 7.21. The molecule has 1 heterocycles. The number of aryl methyl sites for hydroxylation is 3. The van der Waals surface area contributed by atoms with Gasteiger partial charge in [-0.1, -0.05) is 69.9 Å². The molecule has 0 radical (unpaired) electrons. The zero-order valence-electron chi connectivity index (χ0n) is 16.4. The Balaban J connectivity index is 1.80. The lowest BCUT2D eigenvalue weighted by atomic mass is 10.1. The number of nitrogens with zero attached hydrogens (tertiary/aromatic N) is 2. The first-order valence-corrected chi connectivity index (χ1v) is 10.5. The van der Waals surface area contributed by atoms with Crippen molar-refractivity contribution in [1.29, 1.82) is 0 Å². The van der Waals surface area contributed by atoms with Crippen LogP contribution >= 0.6 is 0 Å². The molecule has 0 N–H and O–H groups in total.